The standard InChI is InChI=1S/C26H22ClF4N5OS/c1-14(37)36-11-18(32-22-10-24(26(29,30)31)34-21-7-4-16(27)8-20(21)22)9-19(12-36)33-25-35-23(13-38-25)15-2-5-17(28)6-3-15/h2-8,10,13,18-19H,9,11-12H2,1H3,(H,32,34)(H,33,35)/t18-,19+/m1/s1. The number of alkyl halides is 3. The summed E-state index contributed by atoms with van der Waals surface area (Å²) in [5.41, 5.74) is 0.850. The van der Waals surface area contributed by atoms with Crippen LogP contribution >= 0.6 is 22.9 Å². The van der Waals surface area contributed by atoms with Crippen molar-refractivity contribution in [3.63, 3.8) is 0 Å². The van der Waals surface area contributed by atoms with Crippen LogP contribution in [-0.4, -0.2) is 45.9 Å². The number of rotatable bonds is 5. The van der Waals surface area contributed by atoms with Crippen LogP contribution in [0.4, 0.5) is 28.4 Å². The van der Waals surface area contributed by atoms with Crippen LogP contribution in [0.5, 0.6) is 0 Å². The first-order chi connectivity index (χ1) is 18.0. The molecule has 3 heterocycles. The zero-order valence-electron chi connectivity index (χ0n) is 20.0. The number of likely N-dealkylation sites (tertiary alicyclic amines) is 1. The number of carbonyl (C=O) groups excluding carboxylic acids is 1. The Morgan fingerprint density at radius 1 is 1.05 bits per heavy atom. The van der Waals surface area contributed by atoms with E-state index in [1.54, 1.807) is 23.1 Å². The Morgan fingerprint density at radius 3 is 2.45 bits per heavy atom. The summed E-state index contributed by atoms with van der Waals surface area (Å²) in [5, 5.41) is 9.87. The van der Waals surface area contributed by atoms with Gasteiger partial charge in [0.05, 0.1) is 11.2 Å². The van der Waals surface area contributed by atoms with E-state index in [0.717, 1.165) is 11.6 Å². The fourth-order valence-electron chi connectivity index (χ4n) is 4.52. The number of nitrogens with one attached hydrogen (secondary N) is 2. The van der Waals surface area contributed by atoms with Crippen molar-refractivity contribution in [2.24, 2.45) is 0 Å². The van der Waals surface area contributed by atoms with Crippen LogP contribution in [0.2, 0.25) is 5.02 Å². The third-order valence-electron chi connectivity index (χ3n) is 6.29. The Hall–Kier alpha value is -3.44. The number of fused-ring (bicyclic) bond motifs is 1. The molecule has 1 saturated heterocycles. The first-order valence-electron chi connectivity index (χ1n) is 11.7. The summed E-state index contributed by atoms with van der Waals surface area (Å²) < 4.78 is 54.0. The van der Waals surface area contributed by atoms with Crippen molar-refractivity contribution in [3.05, 3.63) is 70.4 Å². The molecule has 2 aromatic carbocycles. The molecular formula is C26H22ClF4N5OS. The average molecular weight is 564 g/mol. The van der Waals surface area contributed by atoms with Crippen LogP contribution in [-0.2, 0) is 11.0 Å². The van der Waals surface area contributed by atoms with E-state index in [-0.39, 0.29) is 35.0 Å². The first-order valence-corrected chi connectivity index (χ1v) is 13.0. The van der Waals surface area contributed by atoms with Gasteiger partial charge in [-0.2, -0.15) is 13.2 Å². The Morgan fingerprint density at radius 2 is 1.76 bits per heavy atom. The molecule has 0 aliphatic carbocycles. The summed E-state index contributed by atoms with van der Waals surface area (Å²) in [6.07, 6.45) is -4.11. The number of nitrogens with zero attached hydrogens (tertiary/aromatic N) is 3. The molecule has 5 rings (SSSR count). The predicted octanol–water partition coefficient (Wildman–Crippen LogP) is 6.68. The molecule has 0 bridgehead atoms. The summed E-state index contributed by atoms with van der Waals surface area (Å²) in [4.78, 5) is 22.3. The molecular weight excluding hydrogens is 542 g/mol. The van der Waals surface area contributed by atoms with Crippen molar-refractivity contribution in [1.29, 1.82) is 0 Å². The lowest BCUT2D eigenvalue weighted by Gasteiger charge is -2.38. The minimum absolute atomic E-state index is 0.145. The van der Waals surface area contributed by atoms with Gasteiger partial charge in [-0.3, -0.25) is 4.79 Å². The number of pyridine rings is 1. The lowest BCUT2D eigenvalue weighted by Crippen LogP contribution is -2.52. The van der Waals surface area contributed by atoms with Crippen LogP contribution in [0, 0.1) is 5.82 Å². The van der Waals surface area contributed by atoms with Crippen molar-refractivity contribution < 1.29 is 22.4 Å². The second kappa shape index (κ2) is 10.4. The predicted molar refractivity (Wildman–Crippen MR) is 141 cm³/mol. The van der Waals surface area contributed by atoms with E-state index in [1.807, 2.05) is 5.38 Å². The lowest BCUT2D eigenvalue weighted by atomic mass is 10.00. The minimum atomic E-state index is -4.63. The quantitative estimate of drug-likeness (QED) is 0.265. The number of benzene rings is 2. The number of halogens is 5. The zero-order chi connectivity index (χ0) is 27.0. The fourth-order valence-corrected chi connectivity index (χ4v) is 5.49. The van der Waals surface area contributed by atoms with Gasteiger partial charge in [0, 0.05) is 59.1 Å². The van der Waals surface area contributed by atoms with E-state index < -0.39 is 11.9 Å². The summed E-state index contributed by atoms with van der Waals surface area (Å²) in [7, 11) is 0. The van der Waals surface area contributed by atoms with Crippen LogP contribution in [0.1, 0.15) is 19.0 Å². The number of hydrogen-bond acceptors (Lipinski definition) is 6. The number of anilines is 2. The second-order valence-electron chi connectivity index (χ2n) is 9.10. The summed E-state index contributed by atoms with van der Waals surface area (Å²) in [6.45, 7) is 2.19. The van der Waals surface area contributed by atoms with Crippen LogP contribution < -0.4 is 10.6 Å². The monoisotopic (exact) mass is 563 g/mol. The largest absolute Gasteiger partial charge is 0.433 e. The number of thiazole rings is 1. The Kier molecular flexibility index (Phi) is 7.15. The summed E-state index contributed by atoms with van der Waals surface area (Å²) >= 11 is 7.51. The maximum Gasteiger partial charge on any atom is 0.433 e. The third kappa shape index (κ3) is 5.83. The van der Waals surface area contributed by atoms with E-state index >= 15 is 0 Å². The SMILES string of the molecule is CC(=O)N1C[C@@H](Nc2nc(-c3ccc(F)cc3)cs2)C[C@@H](Nc2cc(C(F)(F)F)nc3ccc(Cl)cc23)C1. The number of aromatic nitrogens is 2. The van der Waals surface area contributed by atoms with E-state index in [0.29, 0.717) is 40.7 Å². The Balaban J connectivity index is 1.39. The fraction of sp³-hybridized carbons (Fsp3) is 0.269. The minimum Gasteiger partial charge on any atom is -0.380 e. The molecule has 12 heteroatoms. The molecule has 1 fully saturated rings. The third-order valence-corrected chi connectivity index (χ3v) is 7.30. The molecule has 2 atom stereocenters. The number of hydrogen-bond donors (Lipinski definition) is 2. The van der Waals surface area contributed by atoms with Crippen LogP contribution in [0.25, 0.3) is 22.2 Å². The molecule has 0 unspecified atom stereocenters. The highest BCUT2D eigenvalue weighted by Crippen LogP contribution is 2.35. The maximum atomic E-state index is 13.6. The molecule has 6 nitrogen and oxygen atoms in total. The zero-order valence-corrected chi connectivity index (χ0v) is 21.6. The molecule has 1 aliphatic heterocycles. The van der Waals surface area contributed by atoms with Gasteiger partial charge in [-0.05, 0) is 55.0 Å². The average Bonchev–Trinajstić information content (AvgIpc) is 3.32. The molecule has 198 valence electrons. The molecule has 0 saturated carbocycles. The normalized spacial score (nSPS) is 18.0. The van der Waals surface area contributed by atoms with Gasteiger partial charge in [-0.15, -0.1) is 11.3 Å². The van der Waals surface area contributed by atoms with E-state index in [2.05, 4.69) is 20.6 Å². The van der Waals surface area contributed by atoms with E-state index in [1.165, 1.54) is 42.5 Å². The second-order valence-corrected chi connectivity index (χ2v) is 10.4. The number of carbonyl (C=O) groups is 1. The van der Waals surface area contributed by atoms with E-state index in [9.17, 15) is 22.4 Å². The Labute approximate surface area is 224 Å². The molecule has 38 heavy (non-hydrogen) atoms. The lowest BCUT2D eigenvalue weighted by molar-refractivity contribution is -0.140. The van der Waals surface area contributed by atoms with Crippen molar-refractivity contribution in [1.82, 2.24) is 14.9 Å². The maximum absolute atomic E-state index is 13.6. The number of amides is 1. The summed E-state index contributed by atoms with van der Waals surface area (Å²) in [6, 6.07) is 10.9. The topological polar surface area (TPSA) is 70.2 Å². The van der Waals surface area contributed by atoms with Crippen LogP contribution in [0.15, 0.2) is 53.9 Å². The number of piperidine rings is 1. The van der Waals surface area contributed by atoms with Crippen molar-refractivity contribution >= 4 is 50.6 Å². The van der Waals surface area contributed by atoms with Gasteiger partial charge in [0.15, 0.2) is 5.13 Å². The van der Waals surface area contributed by atoms with Crippen molar-refractivity contribution in [2.45, 2.75) is 31.6 Å². The van der Waals surface area contributed by atoms with Gasteiger partial charge in [0.2, 0.25) is 5.91 Å². The van der Waals surface area contributed by atoms with Gasteiger partial charge >= 0.3 is 6.18 Å². The van der Waals surface area contributed by atoms with Crippen molar-refractivity contribution in [3.8, 4) is 11.3 Å². The molecule has 4 aromatic rings. The van der Waals surface area contributed by atoms with Gasteiger partial charge < -0.3 is 15.5 Å². The van der Waals surface area contributed by atoms with Gasteiger partial charge in [0.1, 0.15) is 11.5 Å². The molecule has 0 radical (unpaired) electrons. The molecule has 1 aliphatic rings. The molecule has 0 spiro atoms. The molecule has 2 aromatic heterocycles. The highest BCUT2D eigenvalue weighted by molar-refractivity contribution is 7.14. The van der Waals surface area contributed by atoms with Gasteiger partial charge in [0.25, 0.3) is 0 Å². The molecule has 2 N–H and O–H groups in total. The van der Waals surface area contributed by atoms with Crippen molar-refractivity contribution in [2.75, 3.05) is 23.7 Å². The molecule has 1 amide bonds. The summed E-state index contributed by atoms with van der Waals surface area (Å²) in [5.74, 6) is -0.480. The van der Waals surface area contributed by atoms with Gasteiger partial charge in [-0.25, -0.2) is 14.4 Å². The van der Waals surface area contributed by atoms with Gasteiger partial charge in [-0.1, -0.05) is 11.6 Å². The van der Waals surface area contributed by atoms with E-state index in [4.69, 9.17) is 11.6 Å². The first kappa shape index (κ1) is 26.2. The smallest absolute Gasteiger partial charge is 0.380 e. The highest BCUT2D eigenvalue weighted by atomic mass is 35.5. The van der Waals surface area contributed by atoms with Crippen LogP contribution in [0.3, 0.4) is 0 Å². The Bertz CT molecular complexity index is 1480. The highest BCUT2D eigenvalue weighted by Gasteiger charge is 2.34.